The molecule has 1 saturated carbocycles. The molecule has 0 heterocycles. The summed E-state index contributed by atoms with van der Waals surface area (Å²) in [6.07, 6.45) is 4.72. The number of carbonyl (C=O) groups excluding carboxylic acids is 1. The SMILES string of the molecule is CCC(=O)[C@]1(c2cccc(C)c2C)CC(=NC)/C(=C\Cc2ccc(F)cc2C)C1.[HH]. The van der Waals surface area contributed by atoms with Crippen molar-refractivity contribution < 1.29 is 10.6 Å². The number of ketones is 1. The van der Waals surface area contributed by atoms with E-state index in [2.05, 4.69) is 43.1 Å². The van der Waals surface area contributed by atoms with Gasteiger partial charge in [0.25, 0.3) is 0 Å². The summed E-state index contributed by atoms with van der Waals surface area (Å²) in [5.41, 5.74) is 7.18. The second kappa shape index (κ2) is 8.44. The van der Waals surface area contributed by atoms with Crippen LogP contribution in [0, 0.1) is 26.6 Å². The summed E-state index contributed by atoms with van der Waals surface area (Å²) in [6.45, 7) is 8.09. The number of allylic oxidation sites excluding steroid dienone is 2. The molecule has 0 amide bonds. The molecule has 1 fully saturated rings. The number of aliphatic imine (C=N–C) groups is 1. The van der Waals surface area contributed by atoms with Gasteiger partial charge in [0.2, 0.25) is 0 Å². The first kappa shape index (κ1) is 21.2. The van der Waals surface area contributed by atoms with Crippen molar-refractivity contribution in [2.24, 2.45) is 4.99 Å². The number of aryl methyl sites for hydroxylation is 2. The minimum absolute atomic E-state index is 0. The molecule has 0 aliphatic heterocycles. The summed E-state index contributed by atoms with van der Waals surface area (Å²) in [6, 6.07) is 11.2. The average Bonchev–Trinajstić information content (AvgIpc) is 3.08. The first-order valence-electron chi connectivity index (χ1n) is 10.3. The zero-order chi connectivity index (χ0) is 21.2. The molecule has 0 unspecified atom stereocenters. The smallest absolute Gasteiger partial charge is 0.143 e. The molecule has 3 rings (SSSR count). The van der Waals surface area contributed by atoms with Gasteiger partial charge in [0.1, 0.15) is 11.6 Å². The monoisotopic (exact) mass is 393 g/mol. The molecule has 0 radical (unpaired) electrons. The normalized spacial score (nSPS) is 21.9. The molecule has 0 aromatic heterocycles. The van der Waals surface area contributed by atoms with E-state index < -0.39 is 5.41 Å². The summed E-state index contributed by atoms with van der Waals surface area (Å²) in [5.74, 6) is 0.0618. The van der Waals surface area contributed by atoms with Gasteiger partial charge < -0.3 is 0 Å². The van der Waals surface area contributed by atoms with Crippen LogP contribution in [0.4, 0.5) is 4.39 Å². The number of nitrogens with zero attached hydrogens (tertiary/aromatic N) is 1. The van der Waals surface area contributed by atoms with E-state index in [9.17, 15) is 9.18 Å². The van der Waals surface area contributed by atoms with E-state index in [1.165, 1.54) is 17.2 Å². The number of carbonyl (C=O) groups is 1. The zero-order valence-electron chi connectivity index (χ0n) is 18.1. The molecule has 2 aromatic rings. The first-order chi connectivity index (χ1) is 13.8. The van der Waals surface area contributed by atoms with Gasteiger partial charge in [0, 0.05) is 27.0 Å². The highest BCUT2D eigenvalue weighted by Gasteiger charge is 2.46. The Bertz CT molecular complexity index is 1010. The van der Waals surface area contributed by atoms with Crippen molar-refractivity contribution in [2.75, 3.05) is 7.05 Å². The van der Waals surface area contributed by atoms with E-state index in [4.69, 9.17) is 0 Å². The molecule has 1 atom stereocenters. The maximum Gasteiger partial charge on any atom is 0.143 e. The Kier molecular flexibility index (Phi) is 6.16. The van der Waals surface area contributed by atoms with E-state index in [0.717, 1.165) is 28.0 Å². The van der Waals surface area contributed by atoms with Crippen LogP contribution in [-0.2, 0) is 16.6 Å². The Morgan fingerprint density at radius 2 is 1.93 bits per heavy atom. The van der Waals surface area contributed by atoms with Crippen molar-refractivity contribution in [3.8, 4) is 0 Å². The molecule has 3 heteroatoms. The lowest BCUT2D eigenvalue weighted by Gasteiger charge is -2.29. The number of hydrogen-bond donors (Lipinski definition) is 0. The third kappa shape index (κ3) is 3.96. The maximum atomic E-state index is 13.4. The third-order valence-corrected chi connectivity index (χ3v) is 6.45. The Hall–Kier alpha value is -2.55. The van der Waals surface area contributed by atoms with Crippen molar-refractivity contribution in [3.63, 3.8) is 0 Å². The highest BCUT2D eigenvalue weighted by atomic mass is 19.1. The summed E-state index contributed by atoms with van der Waals surface area (Å²) in [7, 11) is 1.81. The van der Waals surface area contributed by atoms with Crippen LogP contribution in [0.25, 0.3) is 0 Å². The second-order valence-corrected chi connectivity index (χ2v) is 8.13. The van der Waals surface area contributed by atoms with E-state index in [-0.39, 0.29) is 13.0 Å². The quantitative estimate of drug-likeness (QED) is 0.590. The Balaban J connectivity index is 0.00000320. The number of hydrogen-bond acceptors (Lipinski definition) is 2. The Morgan fingerprint density at radius 1 is 1.17 bits per heavy atom. The Labute approximate surface area is 175 Å². The van der Waals surface area contributed by atoms with Crippen LogP contribution in [0.1, 0.15) is 55.4 Å². The van der Waals surface area contributed by atoms with Gasteiger partial charge in [-0.3, -0.25) is 9.79 Å². The number of halogens is 1. The molecule has 0 N–H and O–H groups in total. The number of Topliss-reactive ketones (excluding diaryl/α,β-unsaturated/α-hetero) is 1. The lowest BCUT2D eigenvalue weighted by Crippen LogP contribution is -2.34. The average molecular weight is 394 g/mol. The highest BCUT2D eigenvalue weighted by molar-refractivity contribution is 6.10. The number of rotatable bonds is 5. The predicted octanol–water partition coefficient (Wildman–Crippen LogP) is 6.25. The van der Waals surface area contributed by atoms with Crippen molar-refractivity contribution in [1.29, 1.82) is 0 Å². The predicted molar refractivity (Wildman–Crippen MR) is 121 cm³/mol. The van der Waals surface area contributed by atoms with Crippen molar-refractivity contribution >= 4 is 11.5 Å². The van der Waals surface area contributed by atoms with Crippen LogP contribution in [0.2, 0.25) is 0 Å². The molecule has 29 heavy (non-hydrogen) atoms. The molecule has 0 spiro atoms. The van der Waals surface area contributed by atoms with Gasteiger partial charge in [-0.15, -0.1) is 0 Å². The van der Waals surface area contributed by atoms with Crippen molar-refractivity contribution in [3.05, 3.63) is 81.7 Å². The molecule has 1 aliphatic rings. The van der Waals surface area contributed by atoms with Crippen LogP contribution in [0.5, 0.6) is 0 Å². The standard InChI is InChI=1S/C26H30FNO.H2/c1-6-25(29)26(23-9-7-8-17(2)19(23)4)15-21(24(16-26)28-5)11-10-20-12-13-22(27)14-18(20)3;/h7-9,11-14H,6,10,15-16H2,1-5H3;1H/b21-11-,28-24?;/t26-;/m0./s1. The zero-order valence-corrected chi connectivity index (χ0v) is 18.1. The van der Waals surface area contributed by atoms with Crippen LogP contribution in [-0.4, -0.2) is 18.5 Å². The van der Waals surface area contributed by atoms with E-state index in [1.54, 1.807) is 6.07 Å². The van der Waals surface area contributed by atoms with E-state index in [1.807, 2.05) is 27.0 Å². The summed E-state index contributed by atoms with van der Waals surface area (Å²) in [4.78, 5) is 17.8. The fourth-order valence-corrected chi connectivity index (χ4v) is 4.57. The third-order valence-electron chi connectivity index (χ3n) is 6.45. The topological polar surface area (TPSA) is 29.4 Å². The lowest BCUT2D eigenvalue weighted by molar-refractivity contribution is -0.123. The van der Waals surface area contributed by atoms with E-state index >= 15 is 0 Å². The highest BCUT2D eigenvalue weighted by Crippen LogP contribution is 2.45. The maximum absolute atomic E-state index is 13.4. The van der Waals surface area contributed by atoms with Gasteiger partial charge in [-0.2, -0.15) is 0 Å². The van der Waals surface area contributed by atoms with Gasteiger partial charge in [0.15, 0.2) is 0 Å². The second-order valence-electron chi connectivity index (χ2n) is 8.13. The van der Waals surface area contributed by atoms with Gasteiger partial charge in [-0.1, -0.05) is 37.3 Å². The molecule has 2 aromatic carbocycles. The minimum atomic E-state index is -0.538. The Morgan fingerprint density at radius 3 is 2.59 bits per heavy atom. The van der Waals surface area contributed by atoms with Crippen molar-refractivity contribution in [1.82, 2.24) is 0 Å². The first-order valence-corrected chi connectivity index (χ1v) is 10.3. The molecule has 154 valence electrons. The van der Waals surface area contributed by atoms with Crippen LogP contribution >= 0.6 is 0 Å². The fourth-order valence-electron chi connectivity index (χ4n) is 4.57. The van der Waals surface area contributed by atoms with Crippen LogP contribution < -0.4 is 0 Å². The molecular weight excluding hydrogens is 361 g/mol. The molecule has 1 aliphatic carbocycles. The summed E-state index contributed by atoms with van der Waals surface area (Å²) < 4.78 is 13.4. The van der Waals surface area contributed by atoms with Gasteiger partial charge in [0.05, 0.1) is 5.41 Å². The molecule has 0 saturated heterocycles. The summed E-state index contributed by atoms with van der Waals surface area (Å²) in [5, 5.41) is 0. The van der Waals surface area contributed by atoms with Crippen LogP contribution in [0.3, 0.4) is 0 Å². The molecule has 2 nitrogen and oxygen atoms in total. The molecule has 0 bridgehead atoms. The molecular formula is C26H32FNO. The largest absolute Gasteiger partial charge is 0.299 e. The lowest BCUT2D eigenvalue weighted by atomic mass is 9.72. The fraction of sp³-hybridized carbons (Fsp3) is 0.385. The van der Waals surface area contributed by atoms with Gasteiger partial charge >= 0.3 is 0 Å². The van der Waals surface area contributed by atoms with E-state index in [0.29, 0.717) is 25.7 Å². The van der Waals surface area contributed by atoms with Crippen molar-refractivity contribution in [2.45, 2.75) is 58.8 Å². The summed E-state index contributed by atoms with van der Waals surface area (Å²) >= 11 is 0. The van der Waals surface area contributed by atoms with Gasteiger partial charge in [-0.25, -0.2) is 4.39 Å². The van der Waals surface area contributed by atoms with Gasteiger partial charge in [-0.05, 0) is 79.1 Å². The van der Waals surface area contributed by atoms with Crippen LogP contribution in [0.15, 0.2) is 53.0 Å². The minimum Gasteiger partial charge on any atom is -0.299 e. The number of benzene rings is 2.